The number of hydrogen-bond acceptors (Lipinski definition) is 1. The molecule has 0 aliphatic carbocycles. The first-order valence-corrected chi connectivity index (χ1v) is 4.89. The summed E-state index contributed by atoms with van der Waals surface area (Å²) in [4.78, 5) is 0. The minimum absolute atomic E-state index is 1.13. The molecule has 0 radical (unpaired) electrons. The summed E-state index contributed by atoms with van der Waals surface area (Å²) in [6.45, 7) is 3.30. The van der Waals surface area contributed by atoms with Crippen LogP contribution in [0, 0.1) is 6.92 Å². The van der Waals surface area contributed by atoms with E-state index in [4.69, 9.17) is 0 Å². The van der Waals surface area contributed by atoms with E-state index in [1.54, 1.807) is 0 Å². The molecule has 0 unspecified atom stereocenters. The normalized spacial score (nSPS) is 18.1. The first kappa shape index (κ1) is 7.84. The van der Waals surface area contributed by atoms with Gasteiger partial charge in [-0.25, -0.2) is 0 Å². The number of nitrogens with zero attached hydrogens (tertiary/aromatic N) is 2. The number of fused-ring (bicyclic) bond motifs is 1. The number of hydrogen-bond donors (Lipinski definition) is 0. The summed E-state index contributed by atoms with van der Waals surface area (Å²) in [5.41, 5.74) is 2.84. The van der Waals surface area contributed by atoms with E-state index in [-0.39, 0.29) is 0 Å². The summed E-state index contributed by atoms with van der Waals surface area (Å²) < 4.78 is 2.19. The van der Waals surface area contributed by atoms with E-state index in [0.29, 0.717) is 0 Å². The Hall–Kier alpha value is -0.790. The Kier molecular flexibility index (Phi) is 2.15. The minimum Gasteiger partial charge on any atom is -0.269 e. The van der Waals surface area contributed by atoms with Crippen molar-refractivity contribution in [2.45, 2.75) is 45.6 Å². The third kappa shape index (κ3) is 1.38. The zero-order chi connectivity index (χ0) is 8.39. The van der Waals surface area contributed by atoms with Crippen LogP contribution in [0.15, 0.2) is 6.20 Å². The average Bonchev–Trinajstić information content (AvgIpc) is 2.31. The Bertz CT molecular complexity index is 263. The molecule has 2 heterocycles. The fourth-order valence-electron chi connectivity index (χ4n) is 1.93. The Balaban J connectivity index is 2.26. The fourth-order valence-corrected chi connectivity index (χ4v) is 1.93. The molecule has 0 saturated carbocycles. The van der Waals surface area contributed by atoms with Gasteiger partial charge in [-0.3, -0.25) is 4.68 Å². The van der Waals surface area contributed by atoms with Gasteiger partial charge in [0.25, 0.3) is 0 Å². The number of rotatable bonds is 0. The second-order valence-electron chi connectivity index (χ2n) is 3.66. The van der Waals surface area contributed by atoms with Crippen molar-refractivity contribution in [3.8, 4) is 0 Å². The maximum atomic E-state index is 4.37. The second-order valence-corrected chi connectivity index (χ2v) is 3.66. The van der Waals surface area contributed by atoms with Crippen molar-refractivity contribution in [1.82, 2.24) is 9.78 Å². The highest BCUT2D eigenvalue weighted by molar-refractivity contribution is 5.15. The summed E-state index contributed by atoms with van der Waals surface area (Å²) in [7, 11) is 0. The smallest absolute Gasteiger partial charge is 0.0521 e. The molecule has 2 nitrogen and oxygen atoms in total. The Morgan fingerprint density at radius 2 is 2.08 bits per heavy atom. The van der Waals surface area contributed by atoms with Crippen LogP contribution in [0.2, 0.25) is 0 Å². The van der Waals surface area contributed by atoms with Gasteiger partial charge in [0.15, 0.2) is 0 Å². The number of aryl methyl sites for hydroxylation is 2. The first-order valence-electron chi connectivity index (χ1n) is 4.89. The van der Waals surface area contributed by atoms with Crippen LogP contribution in [0.25, 0.3) is 0 Å². The molecule has 0 atom stereocenters. The maximum Gasteiger partial charge on any atom is 0.0521 e. The molecule has 1 aromatic rings. The zero-order valence-electron chi connectivity index (χ0n) is 7.71. The van der Waals surface area contributed by atoms with Crippen molar-refractivity contribution in [3.05, 3.63) is 17.5 Å². The largest absolute Gasteiger partial charge is 0.269 e. The topological polar surface area (TPSA) is 17.8 Å². The van der Waals surface area contributed by atoms with Crippen molar-refractivity contribution >= 4 is 0 Å². The molecule has 0 saturated heterocycles. The van der Waals surface area contributed by atoms with Crippen molar-refractivity contribution in [3.63, 3.8) is 0 Å². The van der Waals surface area contributed by atoms with Gasteiger partial charge in [-0.15, -0.1) is 0 Å². The summed E-state index contributed by atoms with van der Waals surface area (Å²) in [6.07, 6.45) is 8.64. The Morgan fingerprint density at radius 1 is 1.25 bits per heavy atom. The van der Waals surface area contributed by atoms with Gasteiger partial charge in [-0.1, -0.05) is 12.8 Å². The second kappa shape index (κ2) is 3.30. The Labute approximate surface area is 73.6 Å². The van der Waals surface area contributed by atoms with E-state index in [9.17, 15) is 0 Å². The maximum absolute atomic E-state index is 4.37. The van der Waals surface area contributed by atoms with Gasteiger partial charge in [0.1, 0.15) is 0 Å². The van der Waals surface area contributed by atoms with Crippen LogP contribution in [-0.4, -0.2) is 9.78 Å². The lowest BCUT2D eigenvalue weighted by molar-refractivity contribution is 0.486. The molecule has 0 bridgehead atoms. The van der Waals surface area contributed by atoms with Gasteiger partial charge in [0.2, 0.25) is 0 Å². The lowest BCUT2D eigenvalue weighted by Crippen LogP contribution is -2.08. The van der Waals surface area contributed by atoms with Crippen LogP contribution >= 0.6 is 0 Å². The van der Waals surface area contributed by atoms with Crippen LogP contribution in [-0.2, 0) is 13.0 Å². The first-order chi connectivity index (χ1) is 5.88. The molecule has 1 aliphatic heterocycles. The van der Waals surface area contributed by atoms with E-state index >= 15 is 0 Å². The van der Waals surface area contributed by atoms with Crippen molar-refractivity contribution in [2.24, 2.45) is 0 Å². The van der Waals surface area contributed by atoms with Gasteiger partial charge < -0.3 is 0 Å². The fraction of sp³-hybridized carbons (Fsp3) is 0.700. The van der Waals surface area contributed by atoms with Crippen molar-refractivity contribution in [1.29, 1.82) is 0 Å². The standard InChI is InChI=1S/C10H16N2/c1-9-8-11-12-7-5-3-2-4-6-10(9)12/h8H,2-7H2,1H3. The summed E-state index contributed by atoms with van der Waals surface area (Å²) in [5, 5.41) is 4.37. The quantitative estimate of drug-likeness (QED) is 0.575. The highest BCUT2D eigenvalue weighted by Gasteiger charge is 2.08. The lowest BCUT2D eigenvalue weighted by atomic mass is 10.1. The van der Waals surface area contributed by atoms with E-state index in [2.05, 4.69) is 16.7 Å². The van der Waals surface area contributed by atoms with E-state index in [0.717, 1.165) is 6.54 Å². The molecule has 2 rings (SSSR count). The van der Waals surface area contributed by atoms with Crippen LogP contribution < -0.4 is 0 Å². The molecule has 1 aliphatic rings. The molecule has 0 fully saturated rings. The number of aromatic nitrogens is 2. The van der Waals surface area contributed by atoms with Crippen molar-refractivity contribution in [2.75, 3.05) is 0 Å². The summed E-state index contributed by atoms with van der Waals surface area (Å²) >= 11 is 0. The average molecular weight is 164 g/mol. The Morgan fingerprint density at radius 3 is 3.00 bits per heavy atom. The van der Waals surface area contributed by atoms with Crippen LogP contribution in [0.4, 0.5) is 0 Å². The molecular weight excluding hydrogens is 148 g/mol. The molecule has 12 heavy (non-hydrogen) atoms. The van der Waals surface area contributed by atoms with Crippen LogP contribution in [0.1, 0.15) is 36.9 Å². The summed E-state index contributed by atoms with van der Waals surface area (Å²) in [6, 6.07) is 0. The SMILES string of the molecule is Cc1cnn2c1CCCCCC2. The van der Waals surface area contributed by atoms with Crippen LogP contribution in [0.3, 0.4) is 0 Å². The molecule has 2 heteroatoms. The molecule has 0 aromatic carbocycles. The predicted octanol–water partition coefficient (Wildman–Crippen LogP) is 2.31. The lowest BCUT2D eigenvalue weighted by Gasteiger charge is -2.11. The molecule has 1 aromatic heterocycles. The molecular formula is C10H16N2. The molecule has 66 valence electrons. The minimum atomic E-state index is 1.13. The van der Waals surface area contributed by atoms with E-state index in [1.807, 2.05) is 6.20 Å². The van der Waals surface area contributed by atoms with Crippen LogP contribution in [0.5, 0.6) is 0 Å². The van der Waals surface area contributed by atoms with Gasteiger partial charge in [-0.05, 0) is 31.7 Å². The molecule has 0 amide bonds. The van der Waals surface area contributed by atoms with Gasteiger partial charge in [0, 0.05) is 12.2 Å². The van der Waals surface area contributed by atoms with E-state index in [1.165, 1.54) is 43.4 Å². The zero-order valence-corrected chi connectivity index (χ0v) is 7.71. The van der Waals surface area contributed by atoms with Gasteiger partial charge >= 0.3 is 0 Å². The monoisotopic (exact) mass is 164 g/mol. The highest BCUT2D eigenvalue weighted by Crippen LogP contribution is 2.16. The third-order valence-electron chi connectivity index (χ3n) is 2.69. The van der Waals surface area contributed by atoms with Crippen molar-refractivity contribution < 1.29 is 0 Å². The summed E-state index contributed by atoms with van der Waals surface area (Å²) in [5.74, 6) is 0. The van der Waals surface area contributed by atoms with Gasteiger partial charge in [-0.2, -0.15) is 5.10 Å². The molecule has 0 N–H and O–H groups in total. The molecule has 0 spiro atoms. The highest BCUT2D eigenvalue weighted by atomic mass is 15.3. The van der Waals surface area contributed by atoms with Gasteiger partial charge in [0.05, 0.1) is 6.20 Å². The van der Waals surface area contributed by atoms with E-state index < -0.39 is 0 Å². The third-order valence-corrected chi connectivity index (χ3v) is 2.69. The predicted molar refractivity (Wildman–Crippen MR) is 49.1 cm³/mol.